The number of guanidine groups is 1. The minimum atomic E-state index is -4.22. The van der Waals surface area contributed by atoms with Crippen LogP contribution in [-0.2, 0) is 16.6 Å². The highest BCUT2D eigenvalue weighted by atomic mass is 32.2. The summed E-state index contributed by atoms with van der Waals surface area (Å²) in [5.74, 6) is 0.281. The molecule has 1 aromatic carbocycles. The molecule has 1 aliphatic rings. The molecule has 1 aliphatic carbocycles. The standard InChI is InChI=1S/C16H23F3N4O2S/c1-2-20-15(21-10-9-16(17,18)19)22-11-12-3-7-14(8-4-12)26(24,25)23-13-5-6-13/h3-4,7-8,13,23H,2,5-6,9-11H2,1H3,(H2,20,21,22). The number of benzene rings is 1. The number of aliphatic imine (C=N–C) groups is 1. The van der Waals surface area contributed by atoms with Gasteiger partial charge in [-0.2, -0.15) is 13.2 Å². The summed E-state index contributed by atoms with van der Waals surface area (Å²) in [5, 5.41) is 5.49. The molecule has 2 rings (SSSR count). The van der Waals surface area contributed by atoms with Crippen molar-refractivity contribution in [3.63, 3.8) is 0 Å². The molecule has 1 saturated carbocycles. The summed E-state index contributed by atoms with van der Waals surface area (Å²) >= 11 is 0. The molecule has 10 heteroatoms. The SMILES string of the molecule is CCNC(=NCc1ccc(S(=O)(=O)NC2CC2)cc1)NCCC(F)(F)F. The van der Waals surface area contributed by atoms with Crippen LogP contribution in [0.25, 0.3) is 0 Å². The highest BCUT2D eigenvalue weighted by Crippen LogP contribution is 2.22. The summed E-state index contributed by atoms with van der Waals surface area (Å²) in [6.45, 7) is 2.28. The average molecular weight is 392 g/mol. The molecule has 0 bridgehead atoms. The summed E-state index contributed by atoms with van der Waals surface area (Å²) in [4.78, 5) is 4.40. The van der Waals surface area contributed by atoms with Crippen LogP contribution < -0.4 is 15.4 Å². The van der Waals surface area contributed by atoms with E-state index in [4.69, 9.17) is 0 Å². The molecule has 0 amide bonds. The molecule has 0 unspecified atom stereocenters. The molecule has 0 saturated heterocycles. The van der Waals surface area contributed by atoms with Crippen LogP contribution in [-0.4, -0.2) is 39.7 Å². The number of hydrogen-bond acceptors (Lipinski definition) is 3. The molecule has 0 atom stereocenters. The van der Waals surface area contributed by atoms with Gasteiger partial charge in [0, 0.05) is 19.1 Å². The second kappa shape index (κ2) is 8.72. The third kappa shape index (κ3) is 7.20. The predicted octanol–water partition coefficient (Wildman–Crippen LogP) is 2.13. The van der Waals surface area contributed by atoms with Gasteiger partial charge < -0.3 is 10.6 Å². The minimum Gasteiger partial charge on any atom is -0.357 e. The molecule has 0 spiro atoms. The lowest BCUT2D eigenvalue weighted by Crippen LogP contribution is -2.38. The molecule has 1 aromatic rings. The first-order valence-electron chi connectivity index (χ1n) is 8.40. The van der Waals surface area contributed by atoms with Gasteiger partial charge in [-0.05, 0) is 37.5 Å². The topological polar surface area (TPSA) is 82.6 Å². The van der Waals surface area contributed by atoms with Crippen LogP contribution in [0.5, 0.6) is 0 Å². The second-order valence-corrected chi connectivity index (χ2v) is 7.74. The van der Waals surface area contributed by atoms with E-state index in [2.05, 4.69) is 20.3 Å². The number of nitrogens with one attached hydrogen (secondary N) is 3. The van der Waals surface area contributed by atoms with Crippen molar-refractivity contribution in [1.29, 1.82) is 0 Å². The Labute approximate surface area is 151 Å². The van der Waals surface area contributed by atoms with Crippen LogP contribution in [0.1, 0.15) is 31.7 Å². The van der Waals surface area contributed by atoms with Crippen molar-refractivity contribution in [2.45, 2.75) is 49.8 Å². The summed E-state index contributed by atoms with van der Waals surface area (Å²) in [5.41, 5.74) is 0.753. The lowest BCUT2D eigenvalue weighted by Gasteiger charge is -2.12. The normalized spacial score (nSPS) is 15.8. The zero-order chi connectivity index (χ0) is 19.2. The van der Waals surface area contributed by atoms with Crippen molar-refractivity contribution < 1.29 is 21.6 Å². The van der Waals surface area contributed by atoms with E-state index < -0.39 is 22.6 Å². The van der Waals surface area contributed by atoms with Crippen molar-refractivity contribution in [3.8, 4) is 0 Å². The molecule has 6 nitrogen and oxygen atoms in total. The molecule has 3 N–H and O–H groups in total. The van der Waals surface area contributed by atoms with Crippen LogP contribution in [0.4, 0.5) is 13.2 Å². The quantitative estimate of drug-likeness (QED) is 0.468. The van der Waals surface area contributed by atoms with Crippen molar-refractivity contribution in [3.05, 3.63) is 29.8 Å². The van der Waals surface area contributed by atoms with Gasteiger partial charge in [0.2, 0.25) is 10.0 Å². The Morgan fingerprint density at radius 3 is 2.38 bits per heavy atom. The smallest absolute Gasteiger partial charge is 0.357 e. The predicted molar refractivity (Wildman–Crippen MR) is 93.3 cm³/mol. The number of sulfonamides is 1. The first kappa shape index (κ1) is 20.5. The molecular weight excluding hydrogens is 369 g/mol. The van der Waals surface area contributed by atoms with E-state index in [1.807, 2.05) is 6.92 Å². The van der Waals surface area contributed by atoms with E-state index in [0.29, 0.717) is 6.54 Å². The van der Waals surface area contributed by atoms with Gasteiger partial charge >= 0.3 is 6.18 Å². The van der Waals surface area contributed by atoms with Crippen molar-refractivity contribution in [2.24, 2.45) is 4.99 Å². The monoisotopic (exact) mass is 392 g/mol. The Balaban J connectivity index is 1.93. The molecule has 0 aromatic heterocycles. The zero-order valence-corrected chi connectivity index (χ0v) is 15.3. The van der Waals surface area contributed by atoms with Gasteiger partial charge in [0.1, 0.15) is 0 Å². The lowest BCUT2D eigenvalue weighted by molar-refractivity contribution is -0.132. The Morgan fingerprint density at radius 1 is 1.19 bits per heavy atom. The summed E-state index contributed by atoms with van der Waals surface area (Å²) < 4.78 is 63.4. The summed E-state index contributed by atoms with van der Waals surface area (Å²) in [6, 6.07) is 6.32. The van der Waals surface area contributed by atoms with Gasteiger partial charge in [0.05, 0.1) is 17.9 Å². The van der Waals surface area contributed by atoms with Gasteiger partial charge in [-0.1, -0.05) is 12.1 Å². The maximum absolute atomic E-state index is 12.2. The zero-order valence-electron chi connectivity index (χ0n) is 14.4. The number of halogens is 3. The number of rotatable bonds is 8. The van der Waals surface area contributed by atoms with Gasteiger partial charge in [0.25, 0.3) is 0 Å². The van der Waals surface area contributed by atoms with E-state index >= 15 is 0 Å². The van der Waals surface area contributed by atoms with E-state index in [-0.39, 0.29) is 30.0 Å². The fourth-order valence-corrected chi connectivity index (χ4v) is 3.40. The first-order valence-corrected chi connectivity index (χ1v) is 9.88. The van der Waals surface area contributed by atoms with E-state index in [1.54, 1.807) is 12.1 Å². The maximum atomic E-state index is 12.2. The average Bonchev–Trinajstić information content (AvgIpc) is 3.35. The highest BCUT2D eigenvalue weighted by molar-refractivity contribution is 7.89. The van der Waals surface area contributed by atoms with Crippen LogP contribution in [0.2, 0.25) is 0 Å². The number of alkyl halides is 3. The third-order valence-electron chi connectivity index (χ3n) is 3.60. The third-order valence-corrected chi connectivity index (χ3v) is 5.13. The molecule has 0 radical (unpaired) electrons. The van der Waals surface area contributed by atoms with E-state index in [9.17, 15) is 21.6 Å². The summed E-state index contributed by atoms with van der Waals surface area (Å²) in [7, 11) is -3.50. The maximum Gasteiger partial charge on any atom is 0.390 e. The van der Waals surface area contributed by atoms with E-state index in [1.165, 1.54) is 12.1 Å². The molecule has 146 valence electrons. The molecule has 0 heterocycles. The van der Waals surface area contributed by atoms with Gasteiger partial charge in [-0.3, -0.25) is 0 Å². The molecule has 0 aliphatic heterocycles. The van der Waals surface area contributed by atoms with Crippen LogP contribution in [0, 0.1) is 0 Å². The van der Waals surface area contributed by atoms with Crippen molar-refractivity contribution in [2.75, 3.05) is 13.1 Å². The Morgan fingerprint density at radius 2 is 1.85 bits per heavy atom. The molecule has 1 fully saturated rings. The minimum absolute atomic E-state index is 0.0368. The second-order valence-electron chi connectivity index (χ2n) is 6.03. The number of nitrogens with zero attached hydrogens (tertiary/aromatic N) is 1. The Hall–Kier alpha value is -1.81. The van der Waals surface area contributed by atoms with Crippen LogP contribution in [0.3, 0.4) is 0 Å². The fourth-order valence-electron chi connectivity index (χ4n) is 2.10. The van der Waals surface area contributed by atoms with Gasteiger partial charge in [-0.15, -0.1) is 0 Å². The Bertz CT molecular complexity index is 714. The Kier molecular flexibility index (Phi) is 6.87. The van der Waals surface area contributed by atoms with Gasteiger partial charge in [-0.25, -0.2) is 18.1 Å². The van der Waals surface area contributed by atoms with Crippen molar-refractivity contribution in [1.82, 2.24) is 15.4 Å². The van der Waals surface area contributed by atoms with Crippen LogP contribution >= 0.6 is 0 Å². The largest absolute Gasteiger partial charge is 0.390 e. The molecule has 26 heavy (non-hydrogen) atoms. The van der Waals surface area contributed by atoms with Gasteiger partial charge in [0.15, 0.2) is 5.96 Å². The first-order chi connectivity index (χ1) is 12.2. The van der Waals surface area contributed by atoms with Crippen LogP contribution in [0.15, 0.2) is 34.2 Å². The fraction of sp³-hybridized carbons (Fsp3) is 0.562. The highest BCUT2D eigenvalue weighted by Gasteiger charge is 2.28. The van der Waals surface area contributed by atoms with Crippen molar-refractivity contribution >= 4 is 16.0 Å². The summed E-state index contributed by atoms with van der Waals surface area (Å²) in [6.07, 6.45) is -3.45. The number of hydrogen-bond donors (Lipinski definition) is 3. The molecular formula is C16H23F3N4O2S. The lowest BCUT2D eigenvalue weighted by atomic mass is 10.2. The van der Waals surface area contributed by atoms with E-state index in [0.717, 1.165) is 18.4 Å².